The molecule has 18 heavy (non-hydrogen) atoms. The van der Waals surface area contributed by atoms with Crippen molar-refractivity contribution in [3.8, 4) is 0 Å². The molecule has 0 saturated heterocycles. The molecule has 3 N–H and O–H groups in total. The number of nitrogens with two attached hydrogens (primary N) is 1. The van der Waals surface area contributed by atoms with Crippen LogP contribution in [-0.2, 0) is 11.2 Å². The van der Waals surface area contributed by atoms with Gasteiger partial charge in [-0.15, -0.1) is 0 Å². The van der Waals surface area contributed by atoms with Gasteiger partial charge < -0.3 is 11.1 Å². The topological polar surface area (TPSA) is 55.1 Å². The molecule has 0 saturated carbocycles. The third-order valence-electron chi connectivity index (χ3n) is 2.97. The van der Waals surface area contributed by atoms with Crippen LogP contribution >= 0.6 is 0 Å². The summed E-state index contributed by atoms with van der Waals surface area (Å²) in [7, 11) is 0. The summed E-state index contributed by atoms with van der Waals surface area (Å²) < 4.78 is 0. The van der Waals surface area contributed by atoms with Crippen molar-refractivity contribution in [3.05, 3.63) is 29.8 Å². The van der Waals surface area contributed by atoms with E-state index in [4.69, 9.17) is 5.73 Å². The van der Waals surface area contributed by atoms with Gasteiger partial charge >= 0.3 is 0 Å². The van der Waals surface area contributed by atoms with E-state index in [0.717, 1.165) is 37.8 Å². The first-order valence-corrected chi connectivity index (χ1v) is 6.82. The van der Waals surface area contributed by atoms with Crippen molar-refractivity contribution in [1.82, 2.24) is 0 Å². The second-order valence-corrected chi connectivity index (χ2v) is 4.68. The molecule has 3 nitrogen and oxygen atoms in total. The second-order valence-electron chi connectivity index (χ2n) is 4.68. The highest BCUT2D eigenvalue weighted by Crippen LogP contribution is 2.11. The lowest BCUT2D eigenvalue weighted by molar-refractivity contribution is -0.117. The predicted octanol–water partition coefficient (Wildman–Crippen LogP) is 3.10. The number of nitrogens with one attached hydrogen (secondary N) is 1. The Labute approximate surface area is 110 Å². The van der Waals surface area contributed by atoms with E-state index in [9.17, 15) is 4.79 Å². The Kier molecular flexibility index (Phi) is 6.44. The third-order valence-corrected chi connectivity index (χ3v) is 2.97. The Hall–Kier alpha value is -1.35. The molecule has 100 valence electrons. The van der Waals surface area contributed by atoms with Crippen LogP contribution in [0.1, 0.15) is 45.1 Å². The van der Waals surface area contributed by atoms with Gasteiger partial charge in [0.15, 0.2) is 0 Å². The summed E-state index contributed by atoms with van der Waals surface area (Å²) >= 11 is 0. The van der Waals surface area contributed by atoms with Crippen LogP contribution in [0.4, 0.5) is 5.69 Å². The molecule has 0 fully saturated rings. The fraction of sp³-hybridized carbons (Fsp3) is 0.533. The van der Waals surface area contributed by atoms with Crippen molar-refractivity contribution >= 4 is 11.6 Å². The van der Waals surface area contributed by atoms with E-state index in [-0.39, 0.29) is 5.91 Å². The maximum Gasteiger partial charge on any atom is 0.241 e. The molecule has 1 amide bonds. The predicted molar refractivity (Wildman–Crippen MR) is 76.6 cm³/mol. The zero-order valence-electron chi connectivity index (χ0n) is 11.4. The van der Waals surface area contributed by atoms with Gasteiger partial charge in [-0.25, -0.2) is 0 Å². The Bertz CT molecular complexity index is 359. The molecule has 1 unspecified atom stereocenters. The maximum absolute atomic E-state index is 11.8. The smallest absolute Gasteiger partial charge is 0.241 e. The summed E-state index contributed by atoms with van der Waals surface area (Å²) in [5.41, 5.74) is 7.94. The van der Waals surface area contributed by atoms with Gasteiger partial charge in [0.2, 0.25) is 5.91 Å². The van der Waals surface area contributed by atoms with Gasteiger partial charge in [-0.2, -0.15) is 0 Å². The fourth-order valence-corrected chi connectivity index (χ4v) is 1.83. The van der Waals surface area contributed by atoms with Gasteiger partial charge in [0.25, 0.3) is 0 Å². The monoisotopic (exact) mass is 248 g/mol. The van der Waals surface area contributed by atoms with E-state index >= 15 is 0 Å². The molecule has 0 aliphatic heterocycles. The van der Waals surface area contributed by atoms with Crippen LogP contribution in [0.25, 0.3) is 0 Å². The van der Waals surface area contributed by atoms with Crippen molar-refractivity contribution in [3.63, 3.8) is 0 Å². The van der Waals surface area contributed by atoms with Gasteiger partial charge in [0, 0.05) is 5.69 Å². The number of carbonyl (C=O) groups excluding carboxylic acids is 1. The highest BCUT2D eigenvalue weighted by Gasteiger charge is 2.12. The van der Waals surface area contributed by atoms with E-state index < -0.39 is 6.04 Å². The molecule has 0 aromatic heterocycles. The molecule has 1 rings (SSSR count). The van der Waals surface area contributed by atoms with Crippen molar-refractivity contribution in [2.75, 3.05) is 5.32 Å². The molecule has 1 atom stereocenters. The lowest BCUT2D eigenvalue weighted by atomic mass is 10.1. The number of rotatable bonds is 7. The van der Waals surface area contributed by atoms with E-state index in [2.05, 4.69) is 31.3 Å². The average molecular weight is 248 g/mol. The molecular formula is C15H24N2O. The number of hydrogen-bond donors (Lipinski definition) is 2. The molecule has 1 aromatic rings. The van der Waals surface area contributed by atoms with Gasteiger partial charge in [0.05, 0.1) is 6.04 Å². The first-order chi connectivity index (χ1) is 8.67. The highest BCUT2D eigenvalue weighted by atomic mass is 16.2. The minimum Gasteiger partial charge on any atom is -0.325 e. The summed E-state index contributed by atoms with van der Waals surface area (Å²) in [5, 5.41) is 2.86. The zero-order valence-corrected chi connectivity index (χ0v) is 11.4. The Morgan fingerprint density at radius 1 is 1.22 bits per heavy atom. The Morgan fingerprint density at radius 2 is 1.89 bits per heavy atom. The SMILES string of the molecule is CCCCC(N)C(=O)Nc1ccc(CCC)cc1. The van der Waals surface area contributed by atoms with E-state index in [1.165, 1.54) is 5.56 Å². The van der Waals surface area contributed by atoms with Crippen molar-refractivity contribution in [2.45, 2.75) is 52.0 Å². The first kappa shape index (κ1) is 14.7. The standard InChI is InChI=1S/C15H24N2O/c1-3-5-7-14(16)15(18)17-13-10-8-12(6-4-2)9-11-13/h8-11,14H,3-7,16H2,1-2H3,(H,17,18). The number of carbonyl (C=O) groups is 1. The second kappa shape index (κ2) is 7.88. The van der Waals surface area contributed by atoms with E-state index in [1.807, 2.05) is 12.1 Å². The normalized spacial score (nSPS) is 12.2. The summed E-state index contributed by atoms with van der Waals surface area (Å²) in [6, 6.07) is 7.58. The molecule has 0 bridgehead atoms. The minimum atomic E-state index is -0.403. The van der Waals surface area contributed by atoms with Gasteiger partial charge in [-0.05, 0) is 30.5 Å². The highest BCUT2D eigenvalue weighted by molar-refractivity contribution is 5.94. The number of unbranched alkanes of at least 4 members (excludes halogenated alkanes) is 1. The van der Waals surface area contributed by atoms with Gasteiger partial charge in [0.1, 0.15) is 0 Å². The fourth-order valence-electron chi connectivity index (χ4n) is 1.83. The number of hydrogen-bond acceptors (Lipinski definition) is 2. The third kappa shape index (κ3) is 4.88. The molecule has 0 spiro atoms. The molecule has 0 heterocycles. The number of benzene rings is 1. The summed E-state index contributed by atoms with van der Waals surface area (Å²) in [6.45, 7) is 4.25. The number of anilines is 1. The first-order valence-electron chi connectivity index (χ1n) is 6.82. The molecule has 0 radical (unpaired) electrons. The van der Waals surface area contributed by atoms with Crippen LogP contribution < -0.4 is 11.1 Å². The van der Waals surface area contributed by atoms with E-state index in [1.54, 1.807) is 0 Å². The van der Waals surface area contributed by atoms with Crippen LogP contribution in [0.5, 0.6) is 0 Å². The maximum atomic E-state index is 11.8. The zero-order chi connectivity index (χ0) is 13.4. The summed E-state index contributed by atoms with van der Waals surface area (Å²) in [5.74, 6) is -0.0910. The summed E-state index contributed by atoms with van der Waals surface area (Å²) in [6.07, 6.45) is 5.00. The molecule has 0 aliphatic carbocycles. The lowest BCUT2D eigenvalue weighted by Gasteiger charge is -2.12. The minimum absolute atomic E-state index is 0.0910. The van der Waals surface area contributed by atoms with Crippen LogP contribution in [-0.4, -0.2) is 11.9 Å². The average Bonchev–Trinajstić information content (AvgIpc) is 2.38. The Balaban J connectivity index is 2.48. The molecule has 1 aromatic carbocycles. The largest absolute Gasteiger partial charge is 0.325 e. The van der Waals surface area contributed by atoms with Crippen molar-refractivity contribution in [2.24, 2.45) is 5.73 Å². The number of amides is 1. The van der Waals surface area contributed by atoms with Crippen LogP contribution in [0.3, 0.4) is 0 Å². The number of aryl methyl sites for hydroxylation is 1. The molecule has 3 heteroatoms. The summed E-state index contributed by atoms with van der Waals surface area (Å²) in [4.78, 5) is 11.8. The van der Waals surface area contributed by atoms with Crippen molar-refractivity contribution < 1.29 is 4.79 Å². The Morgan fingerprint density at radius 3 is 2.44 bits per heavy atom. The van der Waals surface area contributed by atoms with Gasteiger partial charge in [-0.1, -0.05) is 45.2 Å². The van der Waals surface area contributed by atoms with Gasteiger partial charge in [-0.3, -0.25) is 4.79 Å². The van der Waals surface area contributed by atoms with Crippen LogP contribution in [0.2, 0.25) is 0 Å². The molecule has 0 aliphatic rings. The van der Waals surface area contributed by atoms with Crippen LogP contribution in [0.15, 0.2) is 24.3 Å². The van der Waals surface area contributed by atoms with Crippen molar-refractivity contribution in [1.29, 1.82) is 0 Å². The van der Waals surface area contributed by atoms with Crippen LogP contribution in [0, 0.1) is 0 Å². The quantitative estimate of drug-likeness (QED) is 0.779. The molecular weight excluding hydrogens is 224 g/mol. The van der Waals surface area contributed by atoms with E-state index in [0.29, 0.717) is 0 Å². The lowest BCUT2D eigenvalue weighted by Crippen LogP contribution is -2.35.